The van der Waals surface area contributed by atoms with E-state index < -0.39 is 10.0 Å². The fourth-order valence-electron chi connectivity index (χ4n) is 3.30. The molecule has 0 saturated carbocycles. The zero-order valence-electron chi connectivity index (χ0n) is 16.0. The molecule has 0 N–H and O–H groups in total. The number of amides is 1. The Morgan fingerprint density at radius 1 is 1.07 bits per heavy atom. The number of aryl methyl sites for hydroxylation is 1. The van der Waals surface area contributed by atoms with Gasteiger partial charge in [-0.1, -0.05) is 41.4 Å². The van der Waals surface area contributed by atoms with Crippen molar-refractivity contribution in [3.05, 3.63) is 58.1 Å². The summed E-state index contributed by atoms with van der Waals surface area (Å²) in [6.07, 6.45) is 0.909. The summed E-state index contributed by atoms with van der Waals surface area (Å²) >= 11 is 12.0. The first kappa shape index (κ1) is 21.9. The van der Waals surface area contributed by atoms with Crippen molar-refractivity contribution in [3.63, 3.8) is 0 Å². The molecule has 1 aliphatic heterocycles. The van der Waals surface area contributed by atoms with Crippen LogP contribution in [0.2, 0.25) is 10.0 Å². The van der Waals surface area contributed by atoms with Crippen LogP contribution in [0.5, 0.6) is 5.75 Å². The molecule has 0 atom stereocenters. The van der Waals surface area contributed by atoms with Gasteiger partial charge in [-0.2, -0.15) is 4.31 Å². The number of benzene rings is 2. The molecule has 0 aliphatic carbocycles. The summed E-state index contributed by atoms with van der Waals surface area (Å²) in [5.41, 5.74) is 0.972. The van der Waals surface area contributed by atoms with Crippen LogP contribution in [0.3, 0.4) is 0 Å². The van der Waals surface area contributed by atoms with Crippen molar-refractivity contribution in [2.75, 3.05) is 33.3 Å². The fraction of sp³-hybridized carbons (Fsp3) is 0.350. The highest BCUT2D eigenvalue weighted by molar-refractivity contribution is 7.89. The first-order valence-electron chi connectivity index (χ1n) is 9.18. The summed E-state index contributed by atoms with van der Waals surface area (Å²) in [5.74, 6) is 0.753. The molecular formula is C20H22Cl2N2O4S. The molecule has 9 heteroatoms. The van der Waals surface area contributed by atoms with Crippen LogP contribution in [0.15, 0.2) is 47.4 Å². The predicted molar refractivity (Wildman–Crippen MR) is 113 cm³/mol. The minimum atomic E-state index is -3.77. The molecule has 2 aromatic carbocycles. The van der Waals surface area contributed by atoms with E-state index in [9.17, 15) is 13.2 Å². The third-order valence-corrected chi connectivity index (χ3v) is 7.52. The molecule has 1 saturated heterocycles. The monoisotopic (exact) mass is 456 g/mol. The number of rotatable bonds is 6. The van der Waals surface area contributed by atoms with Crippen LogP contribution in [-0.4, -0.2) is 56.8 Å². The lowest BCUT2D eigenvalue weighted by Crippen LogP contribution is -2.50. The number of piperazine rings is 1. The Balaban J connectivity index is 1.60. The minimum absolute atomic E-state index is 0.00579. The third-order valence-electron chi connectivity index (χ3n) is 4.90. The average molecular weight is 457 g/mol. The van der Waals surface area contributed by atoms with Gasteiger partial charge in [0.05, 0.1) is 12.1 Å². The quantitative estimate of drug-likeness (QED) is 0.667. The Kier molecular flexibility index (Phi) is 7.05. The smallest absolute Gasteiger partial charge is 0.244 e. The minimum Gasteiger partial charge on any atom is -0.496 e. The van der Waals surface area contributed by atoms with Crippen molar-refractivity contribution in [2.45, 2.75) is 17.7 Å². The second kappa shape index (κ2) is 9.34. The lowest BCUT2D eigenvalue weighted by atomic mass is 10.1. The van der Waals surface area contributed by atoms with Gasteiger partial charge in [0.25, 0.3) is 0 Å². The predicted octanol–water partition coefficient (Wildman–Crippen LogP) is 3.47. The van der Waals surface area contributed by atoms with Crippen LogP contribution < -0.4 is 4.74 Å². The number of halogens is 2. The number of para-hydroxylation sites is 1. The number of nitrogens with zero attached hydrogens (tertiary/aromatic N) is 2. The van der Waals surface area contributed by atoms with Crippen molar-refractivity contribution >= 4 is 39.1 Å². The third kappa shape index (κ3) is 5.04. The molecule has 2 aromatic rings. The number of carbonyl (C=O) groups excluding carboxylic acids is 1. The van der Waals surface area contributed by atoms with E-state index in [-0.39, 0.29) is 28.9 Å². The summed E-state index contributed by atoms with van der Waals surface area (Å²) < 4.78 is 32.4. The van der Waals surface area contributed by atoms with Crippen molar-refractivity contribution in [1.82, 2.24) is 9.21 Å². The fourth-order valence-corrected chi connectivity index (χ4v) is 5.46. The van der Waals surface area contributed by atoms with Gasteiger partial charge in [-0.3, -0.25) is 4.79 Å². The SMILES string of the molecule is COc1ccccc1CCC(=O)N1CCN(S(=O)(=O)c2cc(Cl)ccc2Cl)CC1. The Labute approximate surface area is 181 Å². The van der Waals surface area contributed by atoms with Gasteiger partial charge in [-0.15, -0.1) is 0 Å². The van der Waals surface area contributed by atoms with Crippen LogP contribution in [0.4, 0.5) is 0 Å². The van der Waals surface area contributed by atoms with Crippen LogP contribution in [0.25, 0.3) is 0 Å². The molecule has 6 nitrogen and oxygen atoms in total. The summed E-state index contributed by atoms with van der Waals surface area (Å²) in [6.45, 7) is 1.10. The highest BCUT2D eigenvalue weighted by Gasteiger charge is 2.31. The van der Waals surface area contributed by atoms with Gasteiger partial charge in [-0.05, 0) is 36.2 Å². The van der Waals surface area contributed by atoms with E-state index >= 15 is 0 Å². The molecule has 0 bridgehead atoms. The topological polar surface area (TPSA) is 66.9 Å². The normalized spacial score (nSPS) is 15.3. The highest BCUT2D eigenvalue weighted by atomic mass is 35.5. The van der Waals surface area contributed by atoms with Crippen molar-refractivity contribution in [3.8, 4) is 5.75 Å². The number of carbonyl (C=O) groups is 1. The highest BCUT2D eigenvalue weighted by Crippen LogP contribution is 2.28. The molecule has 1 fully saturated rings. The standard InChI is InChI=1S/C20H22Cl2N2O4S/c1-28-18-5-3-2-4-15(18)6-9-20(25)23-10-12-24(13-11-23)29(26,27)19-14-16(21)7-8-17(19)22/h2-5,7-8,14H,6,9-13H2,1H3. The molecule has 0 radical (unpaired) electrons. The van der Waals surface area contributed by atoms with E-state index in [0.717, 1.165) is 11.3 Å². The van der Waals surface area contributed by atoms with Gasteiger partial charge in [0.2, 0.25) is 15.9 Å². The first-order chi connectivity index (χ1) is 13.8. The lowest BCUT2D eigenvalue weighted by Gasteiger charge is -2.34. The van der Waals surface area contributed by atoms with Crippen LogP contribution >= 0.6 is 23.2 Å². The number of hydrogen-bond donors (Lipinski definition) is 0. The van der Waals surface area contributed by atoms with E-state index in [2.05, 4.69) is 0 Å². The first-order valence-corrected chi connectivity index (χ1v) is 11.4. The van der Waals surface area contributed by atoms with E-state index in [1.807, 2.05) is 24.3 Å². The maximum Gasteiger partial charge on any atom is 0.244 e. The molecule has 1 aliphatic rings. The summed E-state index contributed by atoms with van der Waals surface area (Å²) in [7, 11) is -2.16. The number of hydrogen-bond acceptors (Lipinski definition) is 4. The largest absolute Gasteiger partial charge is 0.496 e. The molecule has 0 spiro atoms. The lowest BCUT2D eigenvalue weighted by molar-refractivity contribution is -0.132. The Morgan fingerprint density at radius 3 is 2.45 bits per heavy atom. The molecule has 1 amide bonds. The van der Waals surface area contributed by atoms with E-state index in [0.29, 0.717) is 31.0 Å². The maximum atomic E-state index is 12.9. The molecule has 29 heavy (non-hydrogen) atoms. The van der Waals surface area contributed by atoms with Gasteiger partial charge >= 0.3 is 0 Å². The molecular weight excluding hydrogens is 435 g/mol. The number of sulfonamides is 1. The van der Waals surface area contributed by atoms with E-state index in [1.165, 1.54) is 16.4 Å². The van der Waals surface area contributed by atoms with Gasteiger partial charge < -0.3 is 9.64 Å². The second-order valence-electron chi connectivity index (χ2n) is 6.67. The van der Waals surface area contributed by atoms with Gasteiger partial charge in [0, 0.05) is 37.6 Å². The molecule has 0 unspecified atom stereocenters. The maximum absolute atomic E-state index is 12.9. The summed E-state index contributed by atoms with van der Waals surface area (Å²) in [5, 5.41) is 0.433. The van der Waals surface area contributed by atoms with Gasteiger partial charge in [-0.25, -0.2) is 8.42 Å². The molecule has 156 valence electrons. The van der Waals surface area contributed by atoms with Crippen LogP contribution in [0, 0.1) is 0 Å². The van der Waals surface area contributed by atoms with E-state index in [1.54, 1.807) is 18.1 Å². The summed E-state index contributed by atoms with van der Waals surface area (Å²) in [6, 6.07) is 12.0. The van der Waals surface area contributed by atoms with Crippen molar-refractivity contribution in [1.29, 1.82) is 0 Å². The number of methoxy groups -OCH3 is 1. The average Bonchev–Trinajstić information content (AvgIpc) is 2.73. The Hall–Kier alpha value is -1.80. The zero-order chi connectivity index (χ0) is 21.0. The van der Waals surface area contributed by atoms with Crippen molar-refractivity contribution < 1.29 is 17.9 Å². The number of ether oxygens (including phenoxy) is 1. The van der Waals surface area contributed by atoms with Crippen LogP contribution in [0.1, 0.15) is 12.0 Å². The second-order valence-corrected chi connectivity index (χ2v) is 9.42. The van der Waals surface area contributed by atoms with E-state index in [4.69, 9.17) is 27.9 Å². The van der Waals surface area contributed by atoms with Gasteiger partial charge in [0.1, 0.15) is 10.6 Å². The summed E-state index contributed by atoms with van der Waals surface area (Å²) in [4.78, 5) is 14.3. The Bertz CT molecular complexity index is 990. The zero-order valence-corrected chi connectivity index (χ0v) is 18.3. The van der Waals surface area contributed by atoms with Crippen molar-refractivity contribution in [2.24, 2.45) is 0 Å². The molecule has 3 rings (SSSR count). The Morgan fingerprint density at radius 2 is 1.76 bits per heavy atom. The van der Waals surface area contributed by atoms with Gasteiger partial charge in [0.15, 0.2) is 0 Å². The molecule has 0 aromatic heterocycles. The molecule has 1 heterocycles. The van der Waals surface area contributed by atoms with Crippen LogP contribution in [-0.2, 0) is 21.2 Å².